The predicted octanol–water partition coefficient (Wildman–Crippen LogP) is 3.53. The van der Waals surface area contributed by atoms with Crippen LogP contribution >= 0.6 is 22.3 Å². The number of carbonyl (C=O) groups excluding carboxylic acids is 1. The number of rotatable bonds is 5. The minimum absolute atomic E-state index is 0.305. The fourth-order valence-corrected chi connectivity index (χ4v) is 2.60. The Balaban J connectivity index is 2.48. The van der Waals surface area contributed by atoms with Crippen molar-refractivity contribution >= 4 is 43.1 Å². The molecule has 0 aromatic heterocycles. The van der Waals surface area contributed by atoms with Crippen LogP contribution in [0.4, 0.5) is 14.5 Å². The molecule has 1 amide bonds. The summed E-state index contributed by atoms with van der Waals surface area (Å²) < 4.78 is 55.1. The van der Waals surface area contributed by atoms with E-state index >= 15 is 0 Å². The molecule has 0 aliphatic heterocycles. The van der Waals surface area contributed by atoms with Crippen LogP contribution in [0.15, 0.2) is 30.3 Å². The maximum absolute atomic E-state index is 13.8. The minimum Gasteiger partial charge on any atom is -0.453 e. The summed E-state index contributed by atoms with van der Waals surface area (Å²) in [5.74, 6) is -4.44. The highest BCUT2D eigenvalue weighted by atomic mass is 35.7. The first-order valence-corrected chi connectivity index (χ1v) is 9.04. The van der Waals surface area contributed by atoms with Gasteiger partial charge in [0.15, 0.2) is 11.6 Å². The first-order valence-electron chi connectivity index (χ1n) is 6.35. The molecule has 0 aliphatic carbocycles. The molecule has 0 aliphatic rings. The lowest BCUT2D eigenvalue weighted by atomic mass is 10.1. The summed E-state index contributed by atoms with van der Waals surface area (Å²) in [6.45, 7) is 0. The van der Waals surface area contributed by atoms with Gasteiger partial charge in [0, 0.05) is 28.9 Å². The van der Waals surface area contributed by atoms with Gasteiger partial charge in [-0.1, -0.05) is 11.6 Å². The summed E-state index contributed by atoms with van der Waals surface area (Å²) in [5, 5.41) is 10.6. The van der Waals surface area contributed by atoms with Crippen LogP contribution in [0.25, 0.3) is 0 Å². The van der Waals surface area contributed by atoms with Gasteiger partial charge in [-0.15, -0.1) is 0 Å². The van der Waals surface area contributed by atoms with Gasteiger partial charge in [0.05, 0.1) is 9.95 Å². The molecule has 2 aromatic rings. The molecule has 0 saturated heterocycles. The summed E-state index contributed by atoms with van der Waals surface area (Å²) in [4.78, 5) is 21.9. The van der Waals surface area contributed by atoms with E-state index < -0.39 is 53.7 Å². The average Bonchev–Trinajstić information content (AvgIpc) is 2.48. The highest BCUT2D eigenvalue weighted by Gasteiger charge is 2.24. The van der Waals surface area contributed by atoms with Crippen molar-refractivity contribution in [2.45, 2.75) is 0 Å². The summed E-state index contributed by atoms with van der Waals surface area (Å²) in [6.07, 6.45) is 0. The quantitative estimate of drug-likeness (QED) is 0.444. The summed E-state index contributed by atoms with van der Waals surface area (Å²) >= 11 is 5.67. The molecule has 1 N–H and O–H groups in total. The molecule has 0 heterocycles. The number of hydrogen-bond donors (Lipinski definition) is 1. The second-order valence-electron chi connectivity index (χ2n) is 4.61. The van der Waals surface area contributed by atoms with Crippen molar-refractivity contribution in [1.82, 2.24) is 4.72 Å². The normalized spacial score (nSPS) is 11.1. The van der Waals surface area contributed by atoms with E-state index in [0.29, 0.717) is 6.07 Å². The van der Waals surface area contributed by atoms with Gasteiger partial charge in [-0.05, 0) is 12.1 Å². The average molecular weight is 427 g/mol. The van der Waals surface area contributed by atoms with Gasteiger partial charge in [0.2, 0.25) is 0 Å². The number of hydrogen-bond acceptors (Lipinski definition) is 6. The predicted molar refractivity (Wildman–Crippen MR) is 86.8 cm³/mol. The van der Waals surface area contributed by atoms with Crippen LogP contribution < -0.4 is 9.46 Å². The highest BCUT2D eigenvalue weighted by molar-refractivity contribution is 8.12. The number of nitrogens with one attached hydrogen (secondary N) is 1. The largest absolute Gasteiger partial charge is 0.453 e. The number of halogens is 4. The fraction of sp³-hybridized carbons (Fsp3) is 0. The third kappa shape index (κ3) is 4.77. The minimum atomic E-state index is -4.52. The molecule has 0 saturated carbocycles. The van der Waals surface area contributed by atoms with Gasteiger partial charge in [-0.25, -0.2) is 13.5 Å². The maximum Gasteiger partial charge on any atom is 0.321 e. The molecule has 138 valence electrons. The van der Waals surface area contributed by atoms with Crippen molar-refractivity contribution in [2.75, 3.05) is 0 Å². The van der Waals surface area contributed by atoms with Gasteiger partial charge < -0.3 is 4.74 Å². The van der Waals surface area contributed by atoms with Crippen LogP contribution in [0, 0.1) is 21.7 Å². The van der Waals surface area contributed by atoms with Crippen molar-refractivity contribution in [1.29, 1.82) is 0 Å². The molecule has 0 fully saturated rings. The Hall–Kier alpha value is -2.50. The standard InChI is InChI=1S/C13H6Cl2F2N2O6S/c14-9-3-6(16)4-10(17)12(9)25-7-1-2-11(19(21)22)8(5-7)13(20)18-26(15,23)24/h1-5H,(H,18,20). The number of nitro benzene ring substituents is 1. The van der Waals surface area contributed by atoms with E-state index in [0.717, 1.165) is 24.3 Å². The molecule has 26 heavy (non-hydrogen) atoms. The number of ether oxygens (including phenoxy) is 1. The van der Waals surface area contributed by atoms with E-state index in [1.807, 2.05) is 0 Å². The Morgan fingerprint density at radius 3 is 2.42 bits per heavy atom. The second kappa shape index (κ2) is 7.40. The number of amides is 1. The number of benzene rings is 2. The zero-order chi connectivity index (χ0) is 19.6. The van der Waals surface area contributed by atoms with Crippen LogP contribution in [-0.2, 0) is 9.24 Å². The van der Waals surface area contributed by atoms with Gasteiger partial charge in [-0.3, -0.25) is 14.9 Å². The van der Waals surface area contributed by atoms with E-state index in [1.54, 1.807) is 0 Å². The lowest BCUT2D eigenvalue weighted by Crippen LogP contribution is -2.27. The second-order valence-corrected chi connectivity index (χ2v) is 7.31. The topological polar surface area (TPSA) is 116 Å². The third-order valence-electron chi connectivity index (χ3n) is 2.81. The Morgan fingerprint density at radius 2 is 1.88 bits per heavy atom. The van der Waals surface area contributed by atoms with E-state index in [-0.39, 0.29) is 5.75 Å². The Bertz CT molecular complexity index is 993. The van der Waals surface area contributed by atoms with E-state index in [9.17, 15) is 32.1 Å². The molecule has 0 unspecified atom stereocenters. The van der Waals surface area contributed by atoms with Crippen LogP contribution in [0.3, 0.4) is 0 Å². The van der Waals surface area contributed by atoms with Crippen LogP contribution in [-0.4, -0.2) is 19.2 Å². The lowest BCUT2D eigenvalue weighted by Gasteiger charge is -2.10. The van der Waals surface area contributed by atoms with Crippen molar-refractivity contribution in [3.63, 3.8) is 0 Å². The Labute approximate surface area is 154 Å². The maximum atomic E-state index is 13.8. The van der Waals surface area contributed by atoms with Crippen molar-refractivity contribution < 1.29 is 31.7 Å². The Kier molecular flexibility index (Phi) is 5.64. The number of nitrogens with zero attached hydrogens (tertiary/aromatic N) is 1. The van der Waals surface area contributed by atoms with E-state index in [4.69, 9.17) is 27.0 Å². The summed E-state index contributed by atoms with van der Waals surface area (Å²) in [7, 11) is 0.355. The number of nitro groups is 1. The van der Waals surface area contributed by atoms with Crippen LogP contribution in [0.2, 0.25) is 5.02 Å². The van der Waals surface area contributed by atoms with Gasteiger partial charge >= 0.3 is 9.24 Å². The van der Waals surface area contributed by atoms with Gasteiger partial charge in [0.25, 0.3) is 11.6 Å². The molecule has 13 heteroatoms. The first kappa shape index (κ1) is 19.8. The fourth-order valence-electron chi connectivity index (χ4n) is 1.83. The monoisotopic (exact) mass is 426 g/mol. The smallest absolute Gasteiger partial charge is 0.321 e. The number of carbonyl (C=O) groups is 1. The third-order valence-corrected chi connectivity index (χ3v) is 3.75. The van der Waals surface area contributed by atoms with Crippen molar-refractivity contribution in [3.8, 4) is 11.5 Å². The zero-order valence-corrected chi connectivity index (χ0v) is 14.5. The zero-order valence-electron chi connectivity index (χ0n) is 12.2. The molecule has 0 atom stereocenters. The van der Waals surface area contributed by atoms with Crippen LogP contribution in [0.5, 0.6) is 11.5 Å². The SMILES string of the molecule is O=C(NS(=O)(=O)Cl)c1cc(Oc2c(F)cc(F)cc2Cl)ccc1[N+](=O)[O-]. The lowest BCUT2D eigenvalue weighted by molar-refractivity contribution is -0.385. The van der Waals surface area contributed by atoms with Gasteiger partial charge in [0.1, 0.15) is 17.1 Å². The molecule has 8 nitrogen and oxygen atoms in total. The molecule has 2 aromatic carbocycles. The molecular weight excluding hydrogens is 421 g/mol. The van der Waals surface area contributed by atoms with Crippen molar-refractivity contribution in [2.24, 2.45) is 0 Å². The molecule has 0 radical (unpaired) electrons. The van der Waals surface area contributed by atoms with Gasteiger partial charge in [-0.2, -0.15) is 8.42 Å². The highest BCUT2D eigenvalue weighted by Crippen LogP contribution is 2.34. The first-order chi connectivity index (χ1) is 12.0. The summed E-state index contributed by atoms with van der Waals surface area (Å²) in [5.41, 5.74) is -1.49. The van der Waals surface area contributed by atoms with Crippen LogP contribution in [0.1, 0.15) is 10.4 Å². The molecule has 0 bridgehead atoms. The molecule has 0 spiro atoms. The van der Waals surface area contributed by atoms with E-state index in [1.165, 1.54) is 4.72 Å². The molecular formula is C13H6Cl2F2N2O6S. The molecule has 2 rings (SSSR count). The summed E-state index contributed by atoms with van der Waals surface area (Å²) in [6, 6.07) is 3.84. The van der Waals surface area contributed by atoms with Crippen molar-refractivity contribution in [3.05, 3.63) is 62.7 Å². The Morgan fingerprint density at radius 1 is 1.23 bits per heavy atom. The van der Waals surface area contributed by atoms with E-state index in [2.05, 4.69) is 0 Å².